The van der Waals surface area contributed by atoms with Crippen molar-refractivity contribution in [1.82, 2.24) is 4.98 Å². The van der Waals surface area contributed by atoms with Crippen molar-refractivity contribution in [2.24, 2.45) is 5.92 Å². The predicted octanol–water partition coefficient (Wildman–Crippen LogP) is 1.81. The van der Waals surface area contributed by atoms with Crippen molar-refractivity contribution in [2.45, 2.75) is 13.3 Å². The van der Waals surface area contributed by atoms with E-state index < -0.39 is 0 Å². The van der Waals surface area contributed by atoms with Crippen molar-refractivity contribution in [3.05, 3.63) is 11.1 Å². The van der Waals surface area contributed by atoms with Crippen LogP contribution >= 0.6 is 23.1 Å². The average molecular weight is 284 g/mol. The van der Waals surface area contributed by atoms with Crippen LogP contribution in [-0.4, -0.2) is 34.6 Å². The van der Waals surface area contributed by atoms with Gasteiger partial charge in [0.25, 0.3) is 0 Å². The molecule has 0 radical (unpaired) electrons. The van der Waals surface area contributed by atoms with Gasteiger partial charge in [0.1, 0.15) is 0 Å². The minimum Gasteiger partial charge on any atom is -0.395 e. The third kappa shape index (κ3) is 5.08. The van der Waals surface area contributed by atoms with Crippen LogP contribution in [0.2, 0.25) is 0 Å². The van der Waals surface area contributed by atoms with Crippen LogP contribution in [0, 0.1) is 17.8 Å². The minimum atomic E-state index is -0.0344. The Morgan fingerprint density at radius 2 is 2.50 bits per heavy atom. The van der Waals surface area contributed by atoms with Crippen LogP contribution in [-0.2, 0) is 4.79 Å². The van der Waals surface area contributed by atoms with E-state index in [0.29, 0.717) is 11.6 Å². The van der Waals surface area contributed by atoms with Gasteiger partial charge in [-0.3, -0.25) is 4.79 Å². The van der Waals surface area contributed by atoms with Gasteiger partial charge in [0.2, 0.25) is 5.91 Å². The van der Waals surface area contributed by atoms with Gasteiger partial charge in [-0.05, 0) is 6.26 Å². The molecule has 1 aromatic heterocycles. The number of thiazole rings is 1. The Morgan fingerprint density at radius 1 is 1.72 bits per heavy atom. The van der Waals surface area contributed by atoms with Crippen molar-refractivity contribution >= 4 is 34.1 Å². The molecule has 0 spiro atoms. The molecule has 98 valence electrons. The summed E-state index contributed by atoms with van der Waals surface area (Å²) in [5.74, 6) is 6.44. The third-order valence-corrected chi connectivity index (χ3v) is 3.71. The third-order valence-electron chi connectivity index (χ3n) is 2.05. The number of rotatable bonds is 5. The number of aliphatic hydroxyl groups excluding tert-OH is 1. The molecule has 0 aliphatic rings. The minimum absolute atomic E-state index is 0.0198. The van der Waals surface area contributed by atoms with E-state index in [2.05, 4.69) is 22.1 Å². The fourth-order valence-corrected chi connectivity index (χ4v) is 2.49. The van der Waals surface area contributed by atoms with Crippen LogP contribution in [0.1, 0.15) is 18.2 Å². The predicted molar refractivity (Wildman–Crippen MR) is 76.9 cm³/mol. The van der Waals surface area contributed by atoms with Gasteiger partial charge in [0, 0.05) is 18.1 Å². The fraction of sp³-hybridized carbons (Fsp3) is 0.500. The normalized spacial score (nSPS) is 11.5. The lowest BCUT2D eigenvalue weighted by Crippen LogP contribution is -2.21. The number of hydrogen-bond donors (Lipinski definition) is 2. The maximum atomic E-state index is 11.7. The highest BCUT2D eigenvalue weighted by molar-refractivity contribution is 7.98. The first-order valence-electron chi connectivity index (χ1n) is 5.52. The Balaban J connectivity index is 2.54. The van der Waals surface area contributed by atoms with E-state index in [1.54, 1.807) is 18.0 Å². The van der Waals surface area contributed by atoms with E-state index in [4.69, 9.17) is 5.11 Å². The van der Waals surface area contributed by atoms with Crippen molar-refractivity contribution in [3.63, 3.8) is 0 Å². The van der Waals surface area contributed by atoms with Crippen LogP contribution in [0.15, 0.2) is 6.20 Å². The molecule has 0 aromatic carbocycles. The Kier molecular flexibility index (Phi) is 6.80. The zero-order valence-corrected chi connectivity index (χ0v) is 12.0. The second-order valence-corrected chi connectivity index (χ2v) is 5.59. The highest BCUT2D eigenvalue weighted by atomic mass is 32.2. The van der Waals surface area contributed by atoms with Crippen molar-refractivity contribution in [1.29, 1.82) is 0 Å². The quantitative estimate of drug-likeness (QED) is 0.810. The van der Waals surface area contributed by atoms with Crippen molar-refractivity contribution in [2.75, 3.05) is 23.9 Å². The summed E-state index contributed by atoms with van der Waals surface area (Å²) in [6.07, 6.45) is 4.05. The van der Waals surface area contributed by atoms with Crippen LogP contribution in [0.25, 0.3) is 0 Å². The number of carbonyl (C=O) groups is 1. The van der Waals surface area contributed by atoms with Crippen LogP contribution in [0.3, 0.4) is 0 Å². The van der Waals surface area contributed by atoms with E-state index in [1.165, 1.54) is 11.3 Å². The van der Waals surface area contributed by atoms with Crippen LogP contribution in [0.4, 0.5) is 5.13 Å². The first kappa shape index (κ1) is 15.0. The smallest absolute Gasteiger partial charge is 0.229 e. The summed E-state index contributed by atoms with van der Waals surface area (Å²) in [5.41, 5.74) is 0. The molecule has 0 aliphatic carbocycles. The second-order valence-electron chi connectivity index (χ2n) is 3.65. The number of anilines is 1. The van der Waals surface area contributed by atoms with Gasteiger partial charge in [-0.15, -0.1) is 0 Å². The molecule has 18 heavy (non-hydrogen) atoms. The van der Waals surface area contributed by atoms with Gasteiger partial charge in [-0.2, -0.15) is 11.8 Å². The second kappa shape index (κ2) is 8.14. The topological polar surface area (TPSA) is 62.2 Å². The first-order valence-corrected chi connectivity index (χ1v) is 7.73. The monoisotopic (exact) mass is 284 g/mol. The molecule has 0 fully saturated rings. The number of hydrogen-bond acceptors (Lipinski definition) is 5. The van der Waals surface area contributed by atoms with Crippen LogP contribution < -0.4 is 5.32 Å². The summed E-state index contributed by atoms with van der Waals surface area (Å²) < 4.78 is 0. The maximum absolute atomic E-state index is 11.7. The lowest BCUT2D eigenvalue weighted by molar-refractivity contribution is -0.118. The summed E-state index contributed by atoms with van der Waals surface area (Å²) in [6.45, 7) is 1.95. The lowest BCUT2D eigenvalue weighted by Gasteiger charge is -2.07. The highest BCUT2D eigenvalue weighted by Gasteiger charge is 2.13. The molecule has 1 aromatic rings. The summed E-state index contributed by atoms with van der Waals surface area (Å²) in [6, 6.07) is 0. The zero-order valence-electron chi connectivity index (χ0n) is 10.4. The molecule has 1 amide bonds. The Bertz CT molecular complexity index is 448. The number of aliphatic hydroxyl groups is 1. The number of thioether (sulfide) groups is 1. The SMILES string of the molecule is CSCC(C)C(=O)Nc1ncc(C#CCCO)s1. The van der Waals surface area contributed by atoms with Gasteiger partial charge >= 0.3 is 0 Å². The van der Waals surface area contributed by atoms with E-state index in [0.717, 1.165) is 10.6 Å². The number of carbonyl (C=O) groups excluding carboxylic acids is 1. The van der Waals surface area contributed by atoms with Crippen molar-refractivity contribution in [3.8, 4) is 11.8 Å². The Labute approximate surface area is 115 Å². The summed E-state index contributed by atoms with van der Waals surface area (Å²) >= 11 is 2.99. The zero-order chi connectivity index (χ0) is 13.4. The molecule has 4 nitrogen and oxygen atoms in total. The number of aromatic nitrogens is 1. The molecule has 1 unspecified atom stereocenters. The fourth-order valence-electron chi connectivity index (χ4n) is 1.15. The van der Waals surface area contributed by atoms with Gasteiger partial charge in [-0.1, -0.05) is 30.1 Å². The van der Waals surface area contributed by atoms with E-state index >= 15 is 0 Å². The molecule has 1 rings (SSSR count). The van der Waals surface area contributed by atoms with E-state index in [1.807, 2.05) is 13.2 Å². The number of amides is 1. The van der Waals surface area contributed by atoms with Crippen LogP contribution in [0.5, 0.6) is 0 Å². The largest absolute Gasteiger partial charge is 0.395 e. The molecule has 2 N–H and O–H groups in total. The molecule has 0 saturated carbocycles. The van der Waals surface area contributed by atoms with E-state index in [-0.39, 0.29) is 18.4 Å². The van der Waals surface area contributed by atoms with Gasteiger partial charge in [0.05, 0.1) is 17.7 Å². The highest BCUT2D eigenvalue weighted by Crippen LogP contribution is 2.18. The number of nitrogens with zero attached hydrogens (tertiary/aromatic N) is 1. The molecule has 1 atom stereocenters. The summed E-state index contributed by atoms with van der Waals surface area (Å²) in [4.78, 5) is 16.6. The van der Waals surface area contributed by atoms with Gasteiger partial charge in [0.15, 0.2) is 5.13 Å². The molecule has 6 heteroatoms. The molecule has 0 bridgehead atoms. The number of nitrogens with one attached hydrogen (secondary N) is 1. The first-order chi connectivity index (χ1) is 8.67. The van der Waals surface area contributed by atoms with Gasteiger partial charge < -0.3 is 10.4 Å². The summed E-state index contributed by atoms with van der Waals surface area (Å²) in [5, 5.41) is 12.0. The standard InChI is InChI=1S/C12H16N2O2S2/c1-9(8-17-2)11(16)14-12-13-7-10(18-12)5-3-4-6-15/h7,9,15H,4,6,8H2,1-2H3,(H,13,14,16). The Hall–Kier alpha value is -1.03. The maximum Gasteiger partial charge on any atom is 0.229 e. The average Bonchev–Trinajstić information content (AvgIpc) is 2.77. The van der Waals surface area contributed by atoms with Crippen molar-refractivity contribution < 1.29 is 9.90 Å². The molecule has 1 heterocycles. The molecule has 0 aliphatic heterocycles. The Morgan fingerprint density at radius 3 is 3.17 bits per heavy atom. The molecule has 0 saturated heterocycles. The summed E-state index contributed by atoms with van der Waals surface area (Å²) in [7, 11) is 0. The molecular weight excluding hydrogens is 268 g/mol. The van der Waals surface area contributed by atoms with Gasteiger partial charge in [-0.25, -0.2) is 4.98 Å². The lowest BCUT2D eigenvalue weighted by atomic mass is 10.2. The molecular formula is C12H16N2O2S2. The van der Waals surface area contributed by atoms with E-state index in [9.17, 15) is 4.79 Å².